The average molecular weight is 346 g/mol. The molecule has 0 aliphatic carbocycles. The van der Waals surface area contributed by atoms with Crippen LogP contribution in [0.5, 0.6) is 0 Å². The molecule has 1 amide bonds. The van der Waals surface area contributed by atoms with Crippen molar-refractivity contribution < 1.29 is 27.4 Å². The van der Waals surface area contributed by atoms with Crippen LogP contribution < -0.4 is 16.7 Å². The van der Waals surface area contributed by atoms with Crippen LogP contribution in [0.2, 0.25) is 0 Å². The fourth-order valence-electron chi connectivity index (χ4n) is 1.77. The van der Waals surface area contributed by atoms with E-state index in [0.29, 0.717) is 13.2 Å². The Morgan fingerprint density at radius 1 is 1.46 bits per heavy atom. The summed E-state index contributed by atoms with van der Waals surface area (Å²) in [6.07, 6.45) is -4.27. The summed E-state index contributed by atoms with van der Waals surface area (Å²) in [7, 11) is 0. The number of halogens is 3. The molecule has 0 aromatic carbocycles. The van der Waals surface area contributed by atoms with Gasteiger partial charge in [0.25, 0.3) is 0 Å². The molecule has 0 unspecified atom stereocenters. The Kier molecular flexibility index (Phi) is 5.42. The molecule has 3 N–H and O–H groups in total. The third-order valence-corrected chi connectivity index (χ3v) is 2.88. The maximum Gasteiger partial charge on any atom is 0.471 e. The Morgan fingerprint density at radius 2 is 2.12 bits per heavy atom. The van der Waals surface area contributed by atoms with Gasteiger partial charge in [0.05, 0.1) is 31.9 Å². The van der Waals surface area contributed by atoms with Gasteiger partial charge in [0.1, 0.15) is 5.82 Å². The zero-order chi connectivity index (χ0) is 17.7. The van der Waals surface area contributed by atoms with Crippen LogP contribution in [0, 0.1) is 11.8 Å². The standard InChI is InChI=1S/C13H13F3N4O4/c14-13(15,16)11(21)18-3-1-2-8-6-20(12(22)19-10(8)17)7-9-23-4-5-24-9/h6,9H,3-5,7H2,(H,18,21)(H2,17,19,22). The molecular formula is C13H13F3N4O4. The van der Waals surface area contributed by atoms with Crippen molar-refractivity contribution in [1.29, 1.82) is 0 Å². The van der Waals surface area contributed by atoms with Crippen molar-refractivity contribution in [2.75, 3.05) is 25.5 Å². The predicted molar refractivity (Wildman–Crippen MR) is 74.5 cm³/mol. The minimum absolute atomic E-state index is 0.0750. The van der Waals surface area contributed by atoms with Crippen molar-refractivity contribution in [3.63, 3.8) is 0 Å². The van der Waals surface area contributed by atoms with E-state index in [1.165, 1.54) is 10.8 Å². The van der Waals surface area contributed by atoms with Crippen LogP contribution in [-0.2, 0) is 20.8 Å². The van der Waals surface area contributed by atoms with Crippen LogP contribution in [0.4, 0.5) is 19.0 Å². The van der Waals surface area contributed by atoms with Crippen LogP contribution >= 0.6 is 0 Å². The van der Waals surface area contributed by atoms with E-state index < -0.39 is 30.6 Å². The van der Waals surface area contributed by atoms with E-state index >= 15 is 0 Å². The van der Waals surface area contributed by atoms with E-state index in [4.69, 9.17) is 15.2 Å². The molecule has 1 aromatic heterocycles. The molecule has 1 aliphatic rings. The van der Waals surface area contributed by atoms with Crippen LogP contribution in [0.25, 0.3) is 0 Å². The van der Waals surface area contributed by atoms with Crippen molar-refractivity contribution in [1.82, 2.24) is 14.9 Å². The Labute approximate surface area is 133 Å². The highest BCUT2D eigenvalue weighted by Crippen LogP contribution is 2.13. The molecule has 0 spiro atoms. The Morgan fingerprint density at radius 3 is 2.75 bits per heavy atom. The molecule has 2 heterocycles. The van der Waals surface area contributed by atoms with Crippen LogP contribution in [0.1, 0.15) is 5.56 Å². The molecule has 24 heavy (non-hydrogen) atoms. The quantitative estimate of drug-likeness (QED) is 0.696. The van der Waals surface area contributed by atoms with Crippen molar-refractivity contribution in [3.8, 4) is 11.8 Å². The maximum atomic E-state index is 12.0. The molecule has 11 heteroatoms. The van der Waals surface area contributed by atoms with Gasteiger partial charge in [-0.15, -0.1) is 0 Å². The first kappa shape index (κ1) is 17.8. The Balaban J connectivity index is 2.06. The second-order valence-electron chi connectivity index (χ2n) is 4.63. The SMILES string of the molecule is Nc1nc(=O)n(CC2OCCO2)cc1C#CCNC(=O)C(F)(F)F. The molecule has 0 saturated carbocycles. The lowest BCUT2D eigenvalue weighted by Gasteiger charge is -2.11. The van der Waals surface area contributed by atoms with Gasteiger partial charge < -0.3 is 20.5 Å². The second kappa shape index (κ2) is 7.33. The molecule has 0 atom stereocenters. The fraction of sp³-hybridized carbons (Fsp3) is 0.462. The number of nitrogens with zero attached hydrogens (tertiary/aromatic N) is 2. The highest BCUT2D eigenvalue weighted by molar-refractivity contribution is 5.81. The minimum Gasteiger partial charge on any atom is -0.382 e. The lowest BCUT2D eigenvalue weighted by atomic mass is 10.3. The van der Waals surface area contributed by atoms with E-state index in [2.05, 4.69) is 16.8 Å². The van der Waals surface area contributed by atoms with E-state index in [9.17, 15) is 22.8 Å². The summed E-state index contributed by atoms with van der Waals surface area (Å²) in [6.45, 7) is 0.359. The van der Waals surface area contributed by atoms with E-state index in [-0.39, 0.29) is 17.9 Å². The molecule has 0 radical (unpaired) electrons. The topological polar surface area (TPSA) is 108 Å². The van der Waals surface area contributed by atoms with Gasteiger partial charge in [0.2, 0.25) is 0 Å². The number of ether oxygens (including phenoxy) is 2. The summed E-state index contributed by atoms with van der Waals surface area (Å²) in [5, 5.41) is 1.59. The minimum atomic E-state index is -4.98. The molecule has 2 rings (SSSR count). The van der Waals surface area contributed by atoms with Gasteiger partial charge >= 0.3 is 17.8 Å². The van der Waals surface area contributed by atoms with E-state index in [1.807, 2.05) is 0 Å². The smallest absolute Gasteiger partial charge is 0.382 e. The van der Waals surface area contributed by atoms with Gasteiger partial charge in [-0.05, 0) is 0 Å². The average Bonchev–Trinajstić information content (AvgIpc) is 2.99. The maximum absolute atomic E-state index is 12.0. The van der Waals surface area contributed by atoms with Crippen LogP contribution in [-0.4, -0.2) is 47.7 Å². The number of hydrogen-bond donors (Lipinski definition) is 2. The molecule has 130 valence electrons. The van der Waals surface area contributed by atoms with Crippen molar-refractivity contribution in [2.45, 2.75) is 19.0 Å². The van der Waals surface area contributed by atoms with Crippen molar-refractivity contribution in [3.05, 3.63) is 22.2 Å². The number of nitrogen functional groups attached to an aromatic ring is 1. The van der Waals surface area contributed by atoms with Gasteiger partial charge in [-0.1, -0.05) is 11.8 Å². The summed E-state index contributed by atoms with van der Waals surface area (Å²) >= 11 is 0. The molecule has 1 aliphatic heterocycles. The van der Waals surface area contributed by atoms with Gasteiger partial charge in [-0.3, -0.25) is 9.36 Å². The zero-order valence-corrected chi connectivity index (χ0v) is 12.2. The monoisotopic (exact) mass is 346 g/mol. The fourth-order valence-corrected chi connectivity index (χ4v) is 1.77. The normalized spacial score (nSPS) is 15.0. The number of nitrogens with two attached hydrogens (primary N) is 1. The lowest BCUT2D eigenvalue weighted by Crippen LogP contribution is -2.36. The first-order valence-electron chi connectivity index (χ1n) is 6.71. The first-order chi connectivity index (χ1) is 11.3. The number of carbonyl (C=O) groups is 1. The Bertz CT molecular complexity index is 729. The van der Waals surface area contributed by atoms with Gasteiger partial charge in [0, 0.05) is 6.20 Å². The molecule has 8 nitrogen and oxygen atoms in total. The highest BCUT2D eigenvalue weighted by atomic mass is 19.4. The molecule has 1 aromatic rings. The third kappa shape index (κ3) is 4.71. The van der Waals surface area contributed by atoms with Gasteiger partial charge in [-0.2, -0.15) is 18.2 Å². The number of anilines is 1. The summed E-state index contributed by atoms with van der Waals surface area (Å²) in [4.78, 5) is 25.9. The molecule has 1 fully saturated rings. The van der Waals surface area contributed by atoms with Crippen molar-refractivity contribution in [2.24, 2.45) is 0 Å². The first-order valence-corrected chi connectivity index (χ1v) is 6.71. The highest BCUT2D eigenvalue weighted by Gasteiger charge is 2.38. The Hall–Kier alpha value is -2.58. The summed E-state index contributed by atoms with van der Waals surface area (Å²) < 4.78 is 47.6. The lowest BCUT2D eigenvalue weighted by molar-refractivity contribution is -0.173. The van der Waals surface area contributed by atoms with Gasteiger partial charge in [-0.25, -0.2) is 4.79 Å². The summed E-state index contributed by atoms with van der Waals surface area (Å²) in [6, 6.07) is 0. The second-order valence-corrected chi connectivity index (χ2v) is 4.63. The summed E-state index contributed by atoms with van der Waals surface area (Å²) in [5.41, 5.74) is 5.05. The number of amides is 1. The predicted octanol–water partition coefficient (Wildman–Crippen LogP) is -0.772. The number of aromatic nitrogens is 2. The summed E-state index contributed by atoms with van der Waals surface area (Å²) in [5.74, 6) is 2.50. The molecule has 0 bridgehead atoms. The number of carbonyl (C=O) groups excluding carboxylic acids is 1. The molecular weight excluding hydrogens is 333 g/mol. The number of nitrogens with one attached hydrogen (secondary N) is 1. The van der Waals surface area contributed by atoms with Gasteiger partial charge in [0.15, 0.2) is 6.29 Å². The molecule has 1 saturated heterocycles. The number of hydrogen-bond acceptors (Lipinski definition) is 6. The third-order valence-electron chi connectivity index (χ3n) is 2.88. The van der Waals surface area contributed by atoms with E-state index in [1.54, 1.807) is 5.32 Å². The number of rotatable bonds is 3. The van der Waals surface area contributed by atoms with E-state index in [0.717, 1.165) is 0 Å². The van der Waals surface area contributed by atoms with Crippen LogP contribution in [0.15, 0.2) is 11.0 Å². The van der Waals surface area contributed by atoms with Crippen LogP contribution in [0.3, 0.4) is 0 Å². The van der Waals surface area contributed by atoms with Crippen molar-refractivity contribution >= 4 is 11.7 Å². The zero-order valence-electron chi connectivity index (χ0n) is 12.2. The largest absolute Gasteiger partial charge is 0.471 e. The number of alkyl halides is 3.